The summed E-state index contributed by atoms with van der Waals surface area (Å²) in [6.07, 6.45) is 0. The van der Waals surface area contributed by atoms with Crippen LogP contribution in [-0.4, -0.2) is 7.05 Å². The molecule has 1 atom stereocenters. The van der Waals surface area contributed by atoms with Crippen LogP contribution < -0.4 is 10.1 Å². The van der Waals surface area contributed by atoms with Gasteiger partial charge in [-0.25, -0.2) is 8.78 Å². The lowest BCUT2D eigenvalue weighted by molar-refractivity contribution is 0.457. The van der Waals surface area contributed by atoms with Gasteiger partial charge in [-0.2, -0.15) is 5.26 Å². The first-order valence-electron chi connectivity index (χ1n) is 6.40. The lowest BCUT2D eigenvalue weighted by atomic mass is 10.1. The maximum atomic E-state index is 13.6. The molecule has 2 aromatic rings. The van der Waals surface area contributed by atoms with Crippen molar-refractivity contribution in [3.05, 3.63) is 59.2 Å². The smallest absolute Gasteiger partial charge is 0.148 e. The fourth-order valence-electron chi connectivity index (χ4n) is 1.92. The van der Waals surface area contributed by atoms with Crippen LogP contribution in [0.1, 0.15) is 24.1 Å². The summed E-state index contributed by atoms with van der Waals surface area (Å²) in [6, 6.07) is 9.82. The monoisotopic (exact) mass is 288 g/mol. The van der Waals surface area contributed by atoms with Gasteiger partial charge in [-0.05, 0) is 44.3 Å². The third-order valence-electron chi connectivity index (χ3n) is 3.18. The summed E-state index contributed by atoms with van der Waals surface area (Å²) in [4.78, 5) is 0. The second kappa shape index (κ2) is 6.33. The van der Waals surface area contributed by atoms with E-state index >= 15 is 0 Å². The number of halogens is 2. The van der Waals surface area contributed by atoms with E-state index in [0.29, 0.717) is 11.3 Å². The van der Waals surface area contributed by atoms with Gasteiger partial charge < -0.3 is 10.1 Å². The molecular formula is C16H14F2N2O. The van der Waals surface area contributed by atoms with Crippen LogP contribution in [0.5, 0.6) is 11.5 Å². The van der Waals surface area contributed by atoms with E-state index in [2.05, 4.69) is 5.32 Å². The van der Waals surface area contributed by atoms with E-state index in [9.17, 15) is 8.78 Å². The predicted octanol–water partition coefficient (Wildman–Crippen LogP) is 3.91. The minimum atomic E-state index is -0.652. The summed E-state index contributed by atoms with van der Waals surface area (Å²) in [5.41, 5.74) is 0.413. The van der Waals surface area contributed by atoms with E-state index in [1.54, 1.807) is 13.1 Å². The Morgan fingerprint density at radius 3 is 2.62 bits per heavy atom. The van der Waals surface area contributed by atoms with Crippen LogP contribution in [0.25, 0.3) is 0 Å². The number of benzene rings is 2. The Bertz CT molecular complexity index is 695. The molecule has 5 heteroatoms. The van der Waals surface area contributed by atoms with Gasteiger partial charge >= 0.3 is 0 Å². The van der Waals surface area contributed by atoms with Gasteiger partial charge in [0.15, 0.2) is 0 Å². The van der Waals surface area contributed by atoms with Crippen LogP contribution in [0, 0.1) is 23.0 Å². The van der Waals surface area contributed by atoms with Crippen LogP contribution in [0.2, 0.25) is 0 Å². The molecule has 0 aliphatic heterocycles. The Morgan fingerprint density at radius 2 is 1.95 bits per heavy atom. The summed E-state index contributed by atoms with van der Waals surface area (Å²) in [7, 11) is 1.74. The standard InChI is InChI=1S/C16H14F2N2O/c1-10(20-2)12-8-11(17)6-7-16(12)21-15-5-3-4-14(18)13(15)9-19/h3-8,10,20H,1-2H3. The number of nitriles is 1. The van der Waals surface area contributed by atoms with Crippen LogP contribution in [-0.2, 0) is 0 Å². The Labute approximate surface area is 121 Å². The van der Waals surface area contributed by atoms with E-state index in [1.807, 2.05) is 6.92 Å². The normalized spacial score (nSPS) is 11.8. The molecule has 0 aliphatic carbocycles. The highest BCUT2D eigenvalue weighted by atomic mass is 19.1. The average molecular weight is 288 g/mol. The van der Waals surface area contributed by atoms with Crippen LogP contribution >= 0.6 is 0 Å². The number of ether oxygens (including phenoxy) is 1. The van der Waals surface area contributed by atoms with Gasteiger partial charge in [-0.3, -0.25) is 0 Å². The molecule has 0 saturated carbocycles. The molecule has 0 saturated heterocycles. The highest BCUT2D eigenvalue weighted by Crippen LogP contribution is 2.32. The topological polar surface area (TPSA) is 45.0 Å². The first-order chi connectivity index (χ1) is 10.1. The third-order valence-corrected chi connectivity index (χ3v) is 3.18. The Kier molecular flexibility index (Phi) is 4.51. The number of nitrogens with one attached hydrogen (secondary N) is 1. The zero-order valence-corrected chi connectivity index (χ0v) is 11.7. The highest BCUT2D eigenvalue weighted by Gasteiger charge is 2.15. The molecule has 108 valence electrons. The minimum Gasteiger partial charge on any atom is -0.456 e. The predicted molar refractivity (Wildman–Crippen MR) is 75.1 cm³/mol. The van der Waals surface area contributed by atoms with E-state index < -0.39 is 5.82 Å². The highest BCUT2D eigenvalue weighted by molar-refractivity contribution is 5.48. The fourth-order valence-corrected chi connectivity index (χ4v) is 1.92. The molecule has 0 heterocycles. The van der Waals surface area contributed by atoms with Gasteiger partial charge in [-0.15, -0.1) is 0 Å². The van der Waals surface area contributed by atoms with Gasteiger partial charge in [0.2, 0.25) is 0 Å². The molecule has 2 rings (SSSR count). The van der Waals surface area contributed by atoms with E-state index in [1.165, 1.54) is 36.4 Å². The Morgan fingerprint density at radius 1 is 1.19 bits per heavy atom. The van der Waals surface area contributed by atoms with Crippen molar-refractivity contribution in [2.45, 2.75) is 13.0 Å². The van der Waals surface area contributed by atoms with Crippen molar-refractivity contribution in [3.8, 4) is 17.6 Å². The first-order valence-corrected chi connectivity index (χ1v) is 6.40. The third kappa shape index (κ3) is 3.18. The zero-order valence-electron chi connectivity index (χ0n) is 11.7. The van der Waals surface area contributed by atoms with Gasteiger partial charge in [0, 0.05) is 11.6 Å². The number of hydrogen-bond donors (Lipinski definition) is 1. The number of nitrogens with zero attached hydrogens (tertiary/aromatic N) is 1. The Hall–Kier alpha value is -2.45. The van der Waals surface area contributed by atoms with Gasteiger partial charge in [0.25, 0.3) is 0 Å². The maximum absolute atomic E-state index is 13.6. The molecule has 2 aromatic carbocycles. The zero-order chi connectivity index (χ0) is 15.4. The van der Waals surface area contributed by atoms with E-state index in [-0.39, 0.29) is 23.2 Å². The maximum Gasteiger partial charge on any atom is 0.148 e. The van der Waals surface area contributed by atoms with E-state index in [0.717, 1.165) is 0 Å². The Balaban J connectivity index is 2.45. The molecule has 0 aromatic heterocycles. The quantitative estimate of drug-likeness (QED) is 0.927. The van der Waals surface area contributed by atoms with Crippen molar-refractivity contribution in [1.29, 1.82) is 5.26 Å². The number of hydrogen-bond acceptors (Lipinski definition) is 3. The van der Waals surface area contributed by atoms with Crippen molar-refractivity contribution < 1.29 is 13.5 Å². The second-order valence-electron chi connectivity index (χ2n) is 4.52. The largest absolute Gasteiger partial charge is 0.456 e. The van der Waals surface area contributed by atoms with Crippen molar-refractivity contribution in [1.82, 2.24) is 5.32 Å². The molecule has 21 heavy (non-hydrogen) atoms. The summed E-state index contributed by atoms with van der Waals surface area (Å²) < 4.78 is 32.6. The summed E-state index contributed by atoms with van der Waals surface area (Å²) in [5, 5.41) is 12.0. The van der Waals surface area contributed by atoms with E-state index in [4.69, 9.17) is 10.00 Å². The van der Waals surface area contributed by atoms with Crippen molar-refractivity contribution in [2.75, 3.05) is 7.05 Å². The molecule has 0 aliphatic rings. The molecule has 3 nitrogen and oxygen atoms in total. The number of rotatable bonds is 4. The molecule has 0 amide bonds. The minimum absolute atomic E-state index is 0.105. The lowest BCUT2D eigenvalue weighted by Crippen LogP contribution is -2.13. The summed E-state index contributed by atoms with van der Waals surface area (Å²) in [6.45, 7) is 1.85. The van der Waals surface area contributed by atoms with Gasteiger partial charge in [0.05, 0.1) is 0 Å². The first kappa shape index (κ1) is 14.9. The second-order valence-corrected chi connectivity index (χ2v) is 4.52. The molecular weight excluding hydrogens is 274 g/mol. The van der Waals surface area contributed by atoms with Gasteiger partial charge in [-0.1, -0.05) is 6.07 Å². The van der Waals surface area contributed by atoms with Crippen LogP contribution in [0.3, 0.4) is 0 Å². The lowest BCUT2D eigenvalue weighted by Gasteiger charge is -2.17. The molecule has 0 radical (unpaired) electrons. The fraction of sp³-hybridized carbons (Fsp3) is 0.188. The SMILES string of the molecule is CNC(C)c1cc(F)ccc1Oc1cccc(F)c1C#N. The molecule has 0 bridgehead atoms. The van der Waals surface area contributed by atoms with Crippen molar-refractivity contribution >= 4 is 0 Å². The molecule has 1 unspecified atom stereocenters. The van der Waals surface area contributed by atoms with Crippen molar-refractivity contribution in [2.24, 2.45) is 0 Å². The summed E-state index contributed by atoms with van der Waals surface area (Å²) >= 11 is 0. The van der Waals surface area contributed by atoms with Gasteiger partial charge in [0.1, 0.15) is 34.8 Å². The van der Waals surface area contributed by atoms with Crippen molar-refractivity contribution in [3.63, 3.8) is 0 Å². The van der Waals surface area contributed by atoms with Crippen LogP contribution in [0.4, 0.5) is 8.78 Å². The van der Waals surface area contributed by atoms with Crippen LogP contribution in [0.15, 0.2) is 36.4 Å². The molecule has 0 spiro atoms. The summed E-state index contributed by atoms with van der Waals surface area (Å²) in [5.74, 6) is -0.562. The molecule has 1 N–H and O–H groups in total. The average Bonchev–Trinajstić information content (AvgIpc) is 2.48. The molecule has 0 fully saturated rings.